The molecule has 1 atom stereocenters. The van der Waals surface area contributed by atoms with Crippen LogP contribution in [0.5, 0.6) is 5.75 Å². The highest BCUT2D eigenvalue weighted by Gasteiger charge is 2.38. The molecule has 32 heavy (non-hydrogen) atoms. The Labute approximate surface area is 180 Å². The lowest BCUT2D eigenvalue weighted by molar-refractivity contribution is -0.275. The van der Waals surface area contributed by atoms with E-state index in [0.717, 1.165) is 16.4 Å². The second-order valence-electron chi connectivity index (χ2n) is 7.16. The average molecular weight is 471 g/mol. The molecule has 1 fully saturated rings. The summed E-state index contributed by atoms with van der Waals surface area (Å²) >= 11 is 0. The van der Waals surface area contributed by atoms with E-state index in [4.69, 9.17) is 4.52 Å². The van der Waals surface area contributed by atoms with Crippen molar-refractivity contribution in [1.82, 2.24) is 14.4 Å². The molecule has 0 amide bonds. The summed E-state index contributed by atoms with van der Waals surface area (Å²) in [6.07, 6.45) is -4.06. The van der Waals surface area contributed by atoms with Crippen LogP contribution in [0.25, 0.3) is 11.4 Å². The average Bonchev–Trinajstić information content (AvgIpc) is 3.23. The maximum atomic E-state index is 13.5. The summed E-state index contributed by atoms with van der Waals surface area (Å²) < 4.78 is 88.1. The van der Waals surface area contributed by atoms with Crippen molar-refractivity contribution in [2.24, 2.45) is 0 Å². The number of hydrogen-bond acceptors (Lipinski definition) is 6. The first-order valence-corrected chi connectivity index (χ1v) is 11.0. The van der Waals surface area contributed by atoms with Crippen LogP contribution in [0, 0.1) is 5.82 Å². The van der Waals surface area contributed by atoms with Gasteiger partial charge in [-0.25, -0.2) is 12.8 Å². The fourth-order valence-electron chi connectivity index (χ4n) is 3.52. The number of sulfonamides is 1. The second-order valence-corrected chi connectivity index (χ2v) is 9.07. The standard InChI is InChI=1S/C20H17F4N3O4S/c21-15-7-3-5-13(11-15)18-25-19(31-26-18)14-6-4-10-27(12-14)32(28,29)17-9-2-1-8-16(17)30-20(22,23)24/h1-3,5,7-9,11,14H,4,6,10,12H2. The molecular weight excluding hydrogens is 454 g/mol. The van der Waals surface area contributed by atoms with Gasteiger partial charge >= 0.3 is 6.36 Å². The van der Waals surface area contributed by atoms with Crippen LogP contribution in [-0.4, -0.2) is 42.3 Å². The largest absolute Gasteiger partial charge is 0.573 e. The van der Waals surface area contributed by atoms with Crippen LogP contribution in [0.15, 0.2) is 57.9 Å². The highest BCUT2D eigenvalue weighted by Crippen LogP contribution is 2.35. The maximum Gasteiger partial charge on any atom is 0.573 e. The quantitative estimate of drug-likeness (QED) is 0.515. The monoisotopic (exact) mass is 471 g/mol. The lowest BCUT2D eigenvalue weighted by atomic mass is 10.00. The fraction of sp³-hybridized carbons (Fsp3) is 0.300. The van der Waals surface area contributed by atoms with Gasteiger partial charge in [0.1, 0.15) is 16.5 Å². The predicted molar refractivity (Wildman–Crippen MR) is 104 cm³/mol. The third kappa shape index (κ3) is 4.75. The Hall–Kier alpha value is -2.99. The molecule has 170 valence electrons. The third-order valence-corrected chi connectivity index (χ3v) is 6.86. The van der Waals surface area contributed by atoms with E-state index in [-0.39, 0.29) is 24.8 Å². The van der Waals surface area contributed by atoms with Crippen LogP contribution in [0.3, 0.4) is 0 Å². The van der Waals surface area contributed by atoms with Gasteiger partial charge in [0.15, 0.2) is 0 Å². The van der Waals surface area contributed by atoms with Gasteiger partial charge in [-0.05, 0) is 37.1 Å². The number of hydrogen-bond donors (Lipinski definition) is 0. The molecule has 1 saturated heterocycles. The molecule has 1 aliphatic rings. The zero-order chi connectivity index (χ0) is 22.9. The van der Waals surface area contributed by atoms with Crippen molar-refractivity contribution in [1.29, 1.82) is 0 Å². The van der Waals surface area contributed by atoms with Gasteiger partial charge in [-0.3, -0.25) is 0 Å². The second kappa shape index (κ2) is 8.51. The zero-order valence-electron chi connectivity index (χ0n) is 16.4. The van der Waals surface area contributed by atoms with Crippen molar-refractivity contribution < 1.29 is 35.2 Å². The first-order chi connectivity index (χ1) is 15.1. The minimum atomic E-state index is -5.03. The molecule has 0 spiro atoms. The summed E-state index contributed by atoms with van der Waals surface area (Å²) in [6, 6.07) is 10.2. The van der Waals surface area contributed by atoms with E-state index >= 15 is 0 Å². The topological polar surface area (TPSA) is 85.5 Å². The number of aromatic nitrogens is 2. The Morgan fingerprint density at radius 2 is 1.91 bits per heavy atom. The number of rotatable bonds is 5. The van der Waals surface area contributed by atoms with Crippen molar-refractivity contribution in [3.8, 4) is 17.1 Å². The normalized spacial score (nSPS) is 17.9. The Kier molecular flexibility index (Phi) is 5.91. The smallest absolute Gasteiger partial charge is 0.404 e. The van der Waals surface area contributed by atoms with Crippen LogP contribution < -0.4 is 4.74 Å². The van der Waals surface area contributed by atoms with Gasteiger partial charge in [0, 0.05) is 18.7 Å². The van der Waals surface area contributed by atoms with Crippen LogP contribution in [0.1, 0.15) is 24.7 Å². The summed E-state index contributed by atoms with van der Waals surface area (Å²) in [5.41, 5.74) is 0.401. The molecule has 12 heteroatoms. The molecule has 0 saturated carbocycles. The molecule has 1 unspecified atom stereocenters. The van der Waals surface area contributed by atoms with Crippen LogP contribution in [-0.2, 0) is 10.0 Å². The number of halogens is 4. The van der Waals surface area contributed by atoms with Crippen molar-refractivity contribution in [3.63, 3.8) is 0 Å². The Balaban J connectivity index is 1.57. The predicted octanol–water partition coefficient (Wildman–Crippen LogP) is 4.34. The van der Waals surface area contributed by atoms with E-state index in [9.17, 15) is 26.0 Å². The maximum absolute atomic E-state index is 13.5. The van der Waals surface area contributed by atoms with Gasteiger partial charge in [0.05, 0.1) is 5.92 Å². The van der Waals surface area contributed by atoms with Crippen molar-refractivity contribution in [3.05, 3.63) is 60.2 Å². The summed E-state index contributed by atoms with van der Waals surface area (Å²) in [7, 11) is -4.29. The third-order valence-electron chi connectivity index (χ3n) is 4.95. The minimum Gasteiger partial charge on any atom is -0.404 e. The summed E-state index contributed by atoms with van der Waals surface area (Å²) in [5.74, 6) is -1.41. The number of alkyl halides is 3. The van der Waals surface area contributed by atoms with E-state index in [1.54, 1.807) is 6.07 Å². The van der Waals surface area contributed by atoms with E-state index in [2.05, 4.69) is 14.9 Å². The molecular formula is C20H17F4N3O4S. The number of ether oxygens (including phenoxy) is 1. The van der Waals surface area contributed by atoms with E-state index < -0.39 is 38.8 Å². The molecule has 0 bridgehead atoms. The van der Waals surface area contributed by atoms with Crippen LogP contribution in [0.2, 0.25) is 0 Å². The number of nitrogens with zero attached hydrogens (tertiary/aromatic N) is 3. The molecule has 1 aromatic heterocycles. The highest BCUT2D eigenvalue weighted by molar-refractivity contribution is 7.89. The van der Waals surface area contributed by atoms with Gasteiger partial charge in [-0.2, -0.15) is 9.29 Å². The van der Waals surface area contributed by atoms with Gasteiger partial charge in [-0.15, -0.1) is 13.2 Å². The van der Waals surface area contributed by atoms with Crippen LogP contribution in [0.4, 0.5) is 17.6 Å². The molecule has 7 nitrogen and oxygen atoms in total. The van der Waals surface area contributed by atoms with Crippen molar-refractivity contribution >= 4 is 10.0 Å². The van der Waals surface area contributed by atoms with Gasteiger partial charge in [0.25, 0.3) is 0 Å². The van der Waals surface area contributed by atoms with Crippen molar-refractivity contribution in [2.75, 3.05) is 13.1 Å². The summed E-state index contributed by atoms with van der Waals surface area (Å²) in [6.45, 7) is 0.0531. The summed E-state index contributed by atoms with van der Waals surface area (Å²) in [5, 5.41) is 3.84. The first-order valence-electron chi connectivity index (χ1n) is 9.58. The number of benzene rings is 2. The molecule has 0 aliphatic carbocycles. The summed E-state index contributed by atoms with van der Waals surface area (Å²) in [4.78, 5) is 3.68. The van der Waals surface area contributed by atoms with E-state index in [1.165, 1.54) is 30.3 Å². The highest BCUT2D eigenvalue weighted by atomic mass is 32.2. The Morgan fingerprint density at radius 1 is 1.12 bits per heavy atom. The SMILES string of the molecule is O=S(=O)(c1ccccc1OC(F)(F)F)N1CCCC(c2nc(-c3cccc(F)c3)no2)C1. The van der Waals surface area contributed by atoms with E-state index in [1.807, 2.05) is 0 Å². The number of para-hydroxylation sites is 1. The number of piperidine rings is 1. The molecule has 0 radical (unpaired) electrons. The zero-order valence-corrected chi connectivity index (χ0v) is 17.2. The fourth-order valence-corrected chi connectivity index (χ4v) is 5.16. The Bertz CT molecular complexity index is 1210. The Morgan fingerprint density at radius 3 is 2.66 bits per heavy atom. The molecule has 3 aromatic rings. The molecule has 4 rings (SSSR count). The van der Waals surface area contributed by atoms with Gasteiger partial charge < -0.3 is 9.26 Å². The first kappa shape index (κ1) is 22.2. The minimum absolute atomic E-state index is 0.0620. The molecule has 2 aromatic carbocycles. The van der Waals surface area contributed by atoms with Gasteiger partial charge in [-0.1, -0.05) is 29.4 Å². The molecule has 2 heterocycles. The van der Waals surface area contributed by atoms with Gasteiger partial charge in [0.2, 0.25) is 21.7 Å². The molecule has 0 N–H and O–H groups in total. The van der Waals surface area contributed by atoms with Crippen LogP contribution >= 0.6 is 0 Å². The lowest BCUT2D eigenvalue weighted by Gasteiger charge is -2.30. The van der Waals surface area contributed by atoms with Crippen molar-refractivity contribution in [2.45, 2.75) is 30.0 Å². The van der Waals surface area contributed by atoms with E-state index in [0.29, 0.717) is 18.4 Å². The molecule has 1 aliphatic heterocycles. The lowest BCUT2D eigenvalue weighted by Crippen LogP contribution is -2.39.